The Morgan fingerprint density at radius 1 is 1.19 bits per heavy atom. The zero-order valence-electron chi connectivity index (χ0n) is 17.0. The average molecular weight is 375 g/mol. The van der Waals surface area contributed by atoms with Gasteiger partial charge in [0.05, 0.1) is 5.69 Å². The first-order chi connectivity index (χ1) is 12.6. The summed E-state index contributed by atoms with van der Waals surface area (Å²) in [4.78, 5) is 11.5. The Kier molecular flexibility index (Phi) is 10.5. The summed E-state index contributed by atoms with van der Waals surface area (Å²) in [6.45, 7) is 14.8. The van der Waals surface area contributed by atoms with E-state index in [4.69, 9.17) is 4.74 Å². The van der Waals surface area contributed by atoms with Crippen molar-refractivity contribution in [3.05, 3.63) is 66.0 Å². The number of benzene rings is 2. The molecule has 0 atom stereocenters. The number of halogens is 1. The van der Waals surface area contributed by atoms with Crippen LogP contribution in [0.3, 0.4) is 0 Å². The molecule has 0 fully saturated rings. The quantitative estimate of drug-likeness (QED) is 0.586. The Hall–Kier alpha value is -2.82. The maximum absolute atomic E-state index is 13.2. The van der Waals surface area contributed by atoms with Crippen LogP contribution in [0.4, 0.5) is 14.9 Å². The second-order valence-corrected chi connectivity index (χ2v) is 6.38. The van der Waals surface area contributed by atoms with Gasteiger partial charge in [-0.15, -0.1) is 0 Å². The summed E-state index contributed by atoms with van der Waals surface area (Å²) in [6, 6.07) is 12.4. The molecule has 0 saturated heterocycles. The SMILES string of the molecule is C=Cc1cc(O)c(F)cc1NC(=O)OC(C)(C)C.CC.Cc1ccccc1. The highest BCUT2D eigenvalue weighted by Crippen LogP contribution is 2.26. The Morgan fingerprint density at radius 3 is 2.15 bits per heavy atom. The van der Waals surface area contributed by atoms with Crippen LogP contribution in [0.15, 0.2) is 49.0 Å². The maximum atomic E-state index is 13.2. The number of carbonyl (C=O) groups excluding carboxylic acids is 1. The number of ether oxygens (including phenoxy) is 1. The molecule has 27 heavy (non-hydrogen) atoms. The number of anilines is 1. The molecule has 0 saturated carbocycles. The zero-order valence-corrected chi connectivity index (χ0v) is 17.0. The average Bonchev–Trinajstić information content (AvgIpc) is 2.59. The van der Waals surface area contributed by atoms with Crippen LogP contribution in [0, 0.1) is 12.7 Å². The number of phenolic OH excluding ortho intramolecular Hbond substituents is 1. The van der Waals surface area contributed by atoms with Crippen LogP contribution < -0.4 is 5.32 Å². The van der Waals surface area contributed by atoms with Crippen molar-refractivity contribution < 1.29 is 19.0 Å². The molecule has 2 rings (SSSR count). The Morgan fingerprint density at radius 2 is 1.74 bits per heavy atom. The molecule has 5 heteroatoms. The van der Waals surface area contributed by atoms with Gasteiger partial charge >= 0.3 is 6.09 Å². The highest BCUT2D eigenvalue weighted by atomic mass is 19.1. The van der Waals surface area contributed by atoms with Crippen LogP contribution in [0.2, 0.25) is 0 Å². The van der Waals surface area contributed by atoms with Gasteiger partial charge in [-0.25, -0.2) is 9.18 Å². The summed E-state index contributed by atoms with van der Waals surface area (Å²) >= 11 is 0. The monoisotopic (exact) mass is 375 g/mol. The van der Waals surface area contributed by atoms with Gasteiger partial charge in [-0.05, 0) is 33.8 Å². The zero-order chi connectivity index (χ0) is 21.0. The minimum absolute atomic E-state index is 0.189. The van der Waals surface area contributed by atoms with Gasteiger partial charge in [-0.2, -0.15) is 0 Å². The van der Waals surface area contributed by atoms with E-state index in [1.807, 2.05) is 32.0 Å². The molecular weight excluding hydrogens is 345 g/mol. The Labute approximate surface area is 161 Å². The third kappa shape index (κ3) is 10.0. The number of aromatic hydroxyl groups is 1. The van der Waals surface area contributed by atoms with Gasteiger partial charge in [0.25, 0.3) is 0 Å². The number of hydrogen-bond donors (Lipinski definition) is 2. The van der Waals surface area contributed by atoms with Crippen LogP contribution in [0.1, 0.15) is 45.7 Å². The van der Waals surface area contributed by atoms with Crippen molar-refractivity contribution in [1.82, 2.24) is 0 Å². The predicted molar refractivity (Wildman–Crippen MR) is 111 cm³/mol. The summed E-state index contributed by atoms with van der Waals surface area (Å²) < 4.78 is 18.2. The highest BCUT2D eigenvalue weighted by molar-refractivity contribution is 5.88. The van der Waals surface area contributed by atoms with E-state index in [2.05, 4.69) is 31.0 Å². The molecule has 2 N–H and O–H groups in total. The number of amides is 1. The second-order valence-electron chi connectivity index (χ2n) is 6.38. The molecule has 0 radical (unpaired) electrons. The van der Waals surface area contributed by atoms with Crippen molar-refractivity contribution in [2.45, 2.75) is 47.1 Å². The molecule has 4 nitrogen and oxygen atoms in total. The summed E-state index contributed by atoms with van der Waals surface area (Å²) in [5.41, 5.74) is 1.27. The van der Waals surface area contributed by atoms with Crippen LogP contribution in [0.25, 0.3) is 6.08 Å². The third-order valence-corrected chi connectivity index (χ3v) is 2.91. The number of phenols is 1. The molecule has 0 bridgehead atoms. The first-order valence-corrected chi connectivity index (χ1v) is 8.79. The van der Waals surface area contributed by atoms with E-state index in [0.717, 1.165) is 6.07 Å². The largest absolute Gasteiger partial charge is 0.505 e. The van der Waals surface area contributed by atoms with Crippen molar-refractivity contribution in [2.75, 3.05) is 5.32 Å². The number of hydrogen-bond acceptors (Lipinski definition) is 3. The lowest BCUT2D eigenvalue weighted by atomic mass is 10.1. The van der Waals surface area contributed by atoms with E-state index in [1.165, 1.54) is 17.7 Å². The minimum Gasteiger partial charge on any atom is -0.505 e. The molecule has 2 aromatic rings. The fourth-order valence-electron chi connectivity index (χ4n) is 1.80. The van der Waals surface area contributed by atoms with E-state index in [9.17, 15) is 14.3 Å². The second kappa shape index (κ2) is 11.7. The summed E-state index contributed by atoms with van der Waals surface area (Å²) in [5, 5.41) is 11.6. The van der Waals surface area contributed by atoms with Crippen molar-refractivity contribution in [3.63, 3.8) is 0 Å². The number of aryl methyl sites for hydroxylation is 1. The number of nitrogens with one attached hydrogen (secondary N) is 1. The molecule has 0 aliphatic heterocycles. The Bertz CT molecular complexity index is 722. The van der Waals surface area contributed by atoms with E-state index in [0.29, 0.717) is 5.56 Å². The van der Waals surface area contributed by atoms with Crippen molar-refractivity contribution in [1.29, 1.82) is 0 Å². The van der Waals surface area contributed by atoms with Gasteiger partial charge in [0, 0.05) is 11.6 Å². The summed E-state index contributed by atoms with van der Waals surface area (Å²) in [7, 11) is 0. The van der Waals surface area contributed by atoms with Gasteiger partial charge in [0.15, 0.2) is 11.6 Å². The van der Waals surface area contributed by atoms with Crippen LogP contribution >= 0.6 is 0 Å². The molecule has 0 aliphatic carbocycles. The van der Waals surface area contributed by atoms with Gasteiger partial charge in [0.2, 0.25) is 0 Å². The fourth-order valence-corrected chi connectivity index (χ4v) is 1.80. The van der Waals surface area contributed by atoms with Crippen molar-refractivity contribution in [2.24, 2.45) is 0 Å². The molecule has 2 aromatic carbocycles. The smallest absolute Gasteiger partial charge is 0.412 e. The van der Waals surface area contributed by atoms with Gasteiger partial charge < -0.3 is 9.84 Å². The lowest BCUT2D eigenvalue weighted by Crippen LogP contribution is -2.27. The topological polar surface area (TPSA) is 58.6 Å². The molecule has 1 amide bonds. The minimum atomic E-state index is -0.827. The van der Waals surface area contributed by atoms with Crippen molar-refractivity contribution >= 4 is 17.9 Å². The van der Waals surface area contributed by atoms with E-state index in [1.54, 1.807) is 20.8 Å². The lowest BCUT2D eigenvalue weighted by Gasteiger charge is -2.20. The van der Waals surface area contributed by atoms with Gasteiger partial charge in [-0.3, -0.25) is 5.32 Å². The maximum Gasteiger partial charge on any atom is 0.412 e. The molecule has 0 aromatic heterocycles. The predicted octanol–water partition coefficient (Wildman–Crippen LogP) is 6.54. The number of carbonyl (C=O) groups is 1. The van der Waals surface area contributed by atoms with Crippen molar-refractivity contribution in [3.8, 4) is 5.75 Å². The highest BCUT2D eigenvalue weighted by Gasteiger charge is 2.17. The normalized spacial score (nSPS) is 9.74. The molecule has 0 unspecified atom stereocenters. The number of rotatable bonds is 2. The van der Waals surface area contributed by atoms with E-state index in [-0.39, 0.29) is 5.69 Å². The molecule has 148 valence electrons. The van der Waals surface area contributed by atoms with Gasteiger partial charge in [0.1, 0.15) is 5.60 Å². The van der Waals surface area contributed by atoms with Crippen LogP contribution in [0.5, 0.6) is 5.75 Å². The molecular formula is C22H30FNO3. The lowest BCUT2D eigenvalue weighted by molar-refractivity contribution is 0.0636. The molecule has 0 spiro atoms. The van der Waals surface area contributed by atoms with Crippen LogP contribution in [-0.4, -0.2) is 16.8 Å². The Balaban J connectivity index is 0.000000621. The van der Waals surface area contributed by atoms with Gasteiger partial charge in [-0.1, -0.05) is 62.4 Å². The summed E-state index contributed by atoms with van der Waals surface area (Å²) in [6.07, 6.45) is 0.696. The van der Waals surface area contributed by atoms with E-state index < -0.39 is 23.3 Å². The molecule has 0 aliphatic rings. The summed E-state index contributed by atoms with van der Waals surface area (Å²) in [5.74, 6) is -1.33. The molecule has 0 heterocycles. The third-order valence-electron chi connectivity index (χ3n) is 2.91. The van der Waals surface area contributed by atoms with E-state index >= 15 is 0 Å². The van der Waals surface area contributed by atoms with Crippen LogP contribution in [-0.2, 0) is 4.74 Å². The first kappa shape index (κ1) is 24.2. The first-order valence-electron chi connectivity index (χ1n) is 8.79. The fraction of sp³-hybridized carbons (Fsp3) is 0.318. The standard InChI is InChI=1S/C13H16FNO3.C7H8.C2H6/c1-5-8-6-11(16)9(14)7-10(8)15-12(17)18-13(2,3)4;1-7-5-3-2-4-6-7;1-2/h5-7,16H,1H2,2-4H3,(H,15,17);2-6H,1H3;1-2H3.